The molecule has 0 radical (unpaired) electrons. The van der Waals surface area contributed by atoms with Crippen molar-refractivity contribution in [3.05, 3.63) is 28.6 Å². The van der Waals surface area contributed by atoms with Crippen LogP contribution in [0.5, 0.6) is 11.5 Å². The van der Waals surface area contributed by atoms with Gasteiger partial charge in [-0.3, -0.25) is 14.5 Å². The average molecular weight is 798 g/mol. The van der Waals surface area contributed by atoms with Gasteiger partial charge in [0.05, 0.1) is 31.0 Å². The molecule has 4 N–H and O–H groups in total. The minimum absolute atomic E-state index is 0.0660. The first-order valence-electron chi connectivity index (χ1n) is 19.3. The molecule has 7 rings (SSSR count). The van der Waals surface area contributed by atoms with E-state index in [2.05, 4.69) is 15.5 Å². The molecule has 4 fully saturated rings. The summed E-state index contributed by atoms with van der Waals surface area (Å²) in [6.45, 7) is 14.0. The van der Waals surface area contributed by atoms with Gasteiger partial charge in [-0.1, -0.05) is 32.4 Å². The highest BCUT2D eigenvalue weighted by Crippen LogP contribution is 2.52. The molecule has 2 saturated heterocycles. The third-order valence-electron chi connectivity index (χ3n) is 10.8. The number of carbonyl (C=O) groups is 3. The van der Waals surface area contributed by atoms with E-state index < -0.39 is 41.5 Å². The lowest BCUT2D eigenvalue weighted by molar-refractivity contribution is -0.141. The number of pyridine rings is 1. The number of alkyl carbamates (subject to hydrolysis) is 1. The number of amides is 3. The van der Waals surface area contributed by atoms with E-state index in [4.69, 9.17) is 46.3 Å². The summed E-state index contributed by atoms with van der Waals surface area (Å²) in [5.74, 6) is 1.15. The number of anilines is 1. The maximum atomic E-state index is 14.3. The van der Waals surface area contributed by atoms with Gasteiger partial charge >= 0.3 is 6.09 Å². The highest BCUT2D eigenvalue weighted by Gasteiger charge is 2.48. The molecule has 298 valence electrons. The van der Waals surface area contributed by atoms with Crippen molar-refractivity contribution in [2.24, 2.45) is 23.0 Å². The van der Waals surface area contributed by atoms with Gasteiger partial charge in [0.2, 0.25) is 11.8 Å². The van der Waals surface area contributed by atoms with Crippen LogP contribution in [0, 0.1) is 17.3 Å². The maximum Gasteiger partial charge on any atom is 0.408 e. The molecule has 3 aromatic rings. The molecule has 4 heterocycles. The standard InChI is InChI=1S/C39H52ClN7O7S/c1-21(2)42-37-44-28(20-55-37)27-18-31(26-6-7-30(32(40)33(26)43-27)52-13-10-46-8-11-51-12-9-46)53-25-17-29(35(41)48)47(19-25)36(49)34(39(3,4)5)45-38(50)54-24-15-22-14-23(22)16-24/h6-7,18,20-25,29,34H,8-17,19H2,1-5H3,(H2,41,48)(H,42,44)(H,45,50)/t22-,23+,24?,25-,29+,34-/m1/s1. The minimum Gasteiger partial charge on any atom is -0.491 e. The molecule has 1 aromatic carbocycles. The predicted octanol–water partition coefficient (Wildman–Crippen LogP) is 5.32. The van der Waals surface area contributed by atoms with Crippen molar-refractivity contribution >= 4 is 56.9 Å². The number of carbonyl (C=O) groups excluding carboxylic acids is 3. The first-order chi connectivity index (χ1) is 26.2. The first-order valence-corrected chi connectivity index (χ1v) is 20.5. The molecule has 2 aliphatic heterocycles. The molecule has 2 aromatic heterocycles. The molecule has 4 aliphatic rings. The fourth-order valence-corrected chi connectivity index (χ4v) is 8.93. The monoisotopic (exact) mass is 797 g/mol. The Morgan fingerprint density at radius 1 is 1.04 bits per heavy atom. The summed E-state index contributed by atoms with van der Waals surface area (Å²) in [4.78, 5) is 53.6. The zero-order valence-corrected chi connectivity index (χ0v) is 33.7. The van der Waals surface area contributed by atoms with E-state index in [9.17, 15) is 14.4 Å². The lowest BCUT2D eigenvalue weighted by atomic mass is 9.85. The molecule has 2 aliphatic carbocycles. The van der Waals surface area contributed by atoms with Crippen molar-refractivity contribution in [1.82, 2.24) is 25.1 Å². The Morgan fingerprint density at radius 2 is 1.78 bits per heavy atom. The van der Waals surface area contributed by atoms with E-state index in [-0.39, 0.29) is 25.1 Å². The van der Waals surface area contributed by atoms with Gasteiger partial charge in [-0.2, -0.15) is 0 Å². The minimum atomic E-state index is -0.969. The highest BCUT2D eigenvalue weighted by molar-refractivity contribution is 7.14. The third kappa shape index (κ3) is 9.22. The number of primary amides is 1. The molecule has 55 heavy (non-hydrogen) atoms. The number of rotatable bonds is 13. The number of aromatic nitrogens is 2. The van der Waals surface area contributed by atoms with Crippen LogP contribution in [-0.2, 0) is 19.1 Å². The predicted molar refractivity (Wildman–Crippen MR) is 211 cm³/mol. The van der Waals surface area contributed by atoms with Crippen LogP contribution >= 0.6 is 22.9 Å². The van der Waals surface area contributed by atoms with E-state index in [1.54, 1.807) is 12.1 Å². The molecular weight excluding hydrogens is 746 g/mol. The summed E-state index contributed by atoms with van der Waals surface area (Å²) < 4.78 is 24.0. The third-order valence-corrected chi connectivity index (χ3v) is 11.9. The van der Waals surface area contributed by atoms with Crippen LogP contribution in [-0.4, -0.2) is 114 Å². The van der Waals surface area contributed by atoms with Gasteiger partial charge in [-0.05, 0) is 62.5 Å². The van der Waals surface area contributed by atoms with E-state index in [1.807, 2.05) is 46.1 Å². The number of nitrogens with one attached hydrogen (secondary N) is 2. The summed E-state index contributed by atoms with van der Waals surface area (Å²) in [5, 5.41) is 9.79. The second-order valence-corrected chi connectivity index (χ2v) is 17.7. The average Bonchev–Trinajstić information content (AvgIpc) is 3.45. The fraction of sp³-hybridized carbons (Fsp3) is 0.615. The van der Waals surface area contributed by atoms with Crippen molar-refractivity contribution in [3.63, 3.8) is 0 Å². The molecule has 6 atom stereocenters. The molecule has 0 spiro atoms. The number of halogens is 1. The van der Waals surface area contributed by atoms with Crippen LogP contribution in [0.2, 0.25) is 5.02 Å². The first kappa shape index (κ1) is 39.3. The van der Waals surface area contributed by atoms with Crippen LogP contribution in [0.15, 0.2) is 23.6 Å². The van der Waals surface area contributed by atoms with E-state index in [0.717, 1.165) is 37.6 Å². The normalized spacial score (nSPS) is 24.4. The number of nitrogens with zero attached hydrogens (tertiary/aromatic N) is 4. The van der Waals surface area contributed by atoms with Gasteiger partial charge in [0.15, 0.2) is 5.13 Å². The molecule has 16 heteroatoms. The van der Waals surface area contributed by atoms with Crippen LogP contribution < -0.4 is 25.8 Å². The van der Waals surface area contributed by atoms with Crippen LogP contribution in [0.4, 0.5) is 9.93 Å². The molecular formula is C39H52ClN7O7S. The Bertz CT molecular complexity index is 1890. The molecule has 1 unspecified atom stereocenters. The van der Waals surface area contributed by atoms with E-state index in [0.29, 0.717) is 70.5 Å². The summed E-state index contributed by atoms with van der Waals surface area (Å²) in [5.41, 5.74) is 6.85. The fourth-order valence-electron chi connectivity index (χ4n) is 7.81. The number of nitrogens with two attached hydrogens (primary N) is 1. The van der Waals surface area contributed by atoms with Gasteiger partial charge in [0, 0.05) is 48.9 Å². The number of benzene rings is 1. The summed E-state index contributed by atoms with van der Waals surface area (Å²) in [6.07, 6.45) is 1.69. The Kier molecular flexibility index (Phi) is 11.6. The Hall–Kier alpha value is -3.92. The second-order valence-electron chi connectivity index (χ2n) is 16.5. The van der Waals surface area contributed by atoms with Crippen LogP contribution in [0.1, 0.15) is 60.3 Å². The van der Waals surface area contributed by atoms with Crippen molar-refractivity contribution in [2.75, 3.05) is 51.3 Å². The van der Waals surface area contributed by atoms with Crippen molar-refractivity contribution in [3.8, 4) is 22.9 Å². The highest BCUT2D eigenvalue weighted by atomic mass is 35.5. The lowest BCUT2D eigenvalue weighted by Crippen LogP contribution is -2.57. The van der Waals surface area contributed by atoms with E-state index in [1.165, 1.54) is 22.7 Å². The number of likely N-dealkylation sites (tertiary alicyclic amines) is 1. The maximum absolute atomic E-state index is 14.3. The zero-order valence-electron chi connectivity index (χ0n) is 32.1. The lowest BCUT2D eigenvalue weighted by Gasteiger charge is -2.35. The SMILES string of the molecule is CC(C)Nc1nc(-c2cc(O[C@@H]3C[C@@H](C(N)=O)N(C(=O)[C@@H](NC(=O)OC4C[C@@H]5C[C@@H]5C4)C(C)(C)C)C3)c3ccc(OCCN4CCOCC4)c(Cl)c3n2)cs1. The molecule has 3 amide bonds. The number of hydrogen-bond acceptors (Lipinski definition) is 12. The molecule has 2 saturated carbocycles. The Morgan fingerprint density at radius 3 is 2.47 bits per heavy atom. The second kappa shape index (κ2) is 16.3. The topological polar surface area (TPSA) is 170 Å². The van der Waals surface area contributed by atoms with Gasteiger partial charge in [0.1, 0.15) is 53.1 Å². The zero-order chi connectivity index (χ0) is 39.0. The summed E-state index contributed by atoms with van der Waals surface area (Å²) in [7, 11) is 0. The Balaban J connectivity index is 1.13. The van der Waals surface area contributed by atoms with E-state index >= 15 is 0 Å². The largest absolute Gasteiger partial charge is 0.491 e. The smallest absolute Gasteiger partial charge is 0.408 e. The summed E-state index contributed by atoms with van der Waals surface area (Å²) in [6, 6.07) is 3.73. The number of morpholine rings is 1. The number of thiazole rings is 1. The van der Waals surface area contributed by atoms with Gasteiger partial charge in [-0.25, -0.2) is 14.8 Å². The molecule has 14 nitrogen and oxygen atoms in total. The van der Waals surface area contributed by atoms with Crippen LogP contribution in [0.3, 0.4) is 0 Å². The summed E-state index contributed by atoms with van der Waals surface area (Å²) >= 11 is 8.50. The van der Waals surface area contributed by atoms with Crippen molar-refractivity contribution < 1.29 is 33.3 Å². The number of hydrogen-bond donors (Lipinski definition) is 3. The Labute approximate surface area is 330 Å². The van der Waals surface area contributed by atoms with Crippen molar-refractivity contribution in [1.29, 1.82) is 0 Å². The van der Waals surface area contributed by atoms with Crippen LogP contribution in [0.25, 0.3) is 22.3 Å². The van der Waals surface area contributed by atoms with Gasteiger partial charge < -0.3 is 40.2 Å². The van der Waals surface area contributed by atoms with Gasteiger partial charge in [0.25, 0.3) is 0 Å². The number of ether oxygens (including phenoxy) is 4. The van der Waals surface area contributed by atoms with Crippen molar-refractivity contribution in [2.45, 2.75) is 90.6 Å². The number of fused-ring (bicyclic) bond motifs is 2. The van der Waals surface area contributed by atoms with Gasteiger partial charge in [-0.15, -0.1) is 11.3 Å². The quantitative estimate of drug-likeness (QED) is 0.205. The molecule has 0 bridgehead atoms.